The van der Waals surface area contributed by atoms with Gasteiger partial charge >= 0.3 is 5.97 Å². The Morgan fingerprint density at radius 3 is 2.83 bits per heavy atom. The van der Waals surface area contributed by atoms with Crippen molar-refractivity contribution in [1.82, 2.24) is 14.8 Å². The van der Waals surface area contributed by atoms with Crippen molar-refractivity contribution >= 4 is 28.7 Å². The van der Waals surface area contributed by atoms with Crippen molar-refractivity contribution in [1.29, 1.82) is 0 Å². The number of halogens is 2. The van der Waals surface area contributed by atoms with Crippen LogP contribution in [0.4, 0.5) is 8.78 Å². The Morgan fingerprint density at radius 1 is 1.42 bits per heavy atom. The van der Waals surface area contributed by atoms with Crippen molar-refractivity contribution in [3.05, 3.63) is 47.6 Å². The first-order valence-corrected chi connectivity index (χ1v) is 7.04. The minimum Gasteiger partial charge on any atom is -0.481 e. The van der Waals surface area contributed by atoms with Gasteiger partial charge in [0.15, 0.2) is 5.58 Å². The number of rotatable bonds is 5. The number of aromatic nitrogens is 3. The maximum Gasteiger partial charge on any atom is 0.308 e. The molecule has 0 fully saturated rings. The van der Waals surface area contributed by atoms with E-state index in [4.69, 9.17) is 9.52 Å². The lowest BCUT2D eigenvalue weighted by atomic mass is 10.1. The normalized spacial score (nSPS) is 12.2. The summed E-state index contributed by atoms with van der Waals surface area (Å²) in [4.78, 5) is 15.4. The van der Waals surface area contributed by atoms with E-state index in [2.05, 4.69) is 10.1 Å². The molecule has 0 aliphatic heterocycles. The number of carboxylic acids is 1. The number of aryl methyl sites for hydroxylation is 1. The second-order valence-electron chi connectivity index (χ2n) is 5.17. The Bertz CT molecular complexity index is 895. The summed E-state index contributed by atoms with van der Waals surface area (Å²) >= 11 is 0. The van der Waals surface area contributed by atoms with E-state index >= 15 is 0 Å². The van der Waals surface area contributed by atoms with Crippen LogP contribution in [0.25, 0.3) is 22.7 Å². The lowest BCUT2D eigenvalue weighted by Crippen LogP contribution is -1.98. The molecule has 0 radical (unpaired) electrons. The number of nitrogens with zero attached hydrogens (tertiary/aromatic N) is 3. The van der Waals surface area contributed by atoms with Crippen molar-refractivity contribution in [3.8, 4) is 0 Å². The van der Waals surface area contributed by atoms with Gasteiger partial charge in [-0.1, -0.05) is 12.1 Å². The Labute approximate surface area is 135 Å². The van der Waals surface area contributed by atoms with Crippen LogP contribution in [0.15, 0.2) is 34.9 Å². The van der Waals surface area contributed by atoms with Crippen LogP contribution in [-0.4, -0.2) is 25.8 Å². The number of carbonyl (C=O) groups is 1. The van der Waals surface area contributed by atoms with Gasteiger partial charge in [-0.25, -0.2) is 13.8 Å². The molecule has 1 N–H and O–H groups in total. The zero-order chi connectivity index (χ0) is 17.3. The lowest BCUT2D eigenvalue weighted by molar-refractivity contribution is -0.135. The zero-order valence-electron chi connectivity index (χ0n) is 12.6. The molecule has 0 spiro atoms. The van der Waals surface area contributed by atoms with E-state index in [-0.39, 0.29) is 17.0 Å². The van der Waals surface area contributed by atoms with Gasteiger partial charge in [-0.05, 0) is 18.2 Å². The van der Waals surface area contributed by atoms with E-state index < -0.39 is 24.5 Å². The summed E-state index contributed by atoms with van der Waals surface area (Å²) < 4.78 is 32.9. The van der Waals surface area contributed by atoms with Crippen LogP contribution in [0.3, 0.4) is 0 Å². The summed E-state index contributed by atoms with van der Waals surface area (Å²) in [6, 6.07) is 6.94. The molecular formula is C16H13F2N3O3. The van der Waals surface area contributed by atoms with Gasteiger partial charge in [0.05, 0.1) is 6.42 Å². The summed E-state index contributed by atoms with van der Waals surface area (Å²) in [5.74, 6) is -1.03. The van der Waals surface area contributed by atoms with Gasteiger partial charge < -0.3 is 9.52 Å². The number of para-hydroxylation sites is 2. The molecule has 2 heterocycles. The number of hydrogen-bond acceptors (Lipinski definition) is 4. The maximum absolute atomic E-state index is 13.1. The van der Waals surface area contributed by atoms with Crippen LogP contribution in [0.2, 0.25) is 0 Å². The number of carboxylic acid groups (broad SMARTS) is 1. The predicted octanol–water partition coefficient (Wildman–Crippen LogP) is 3.51. The highest BCUT2D eigenvalue weighted by atomic mass is 19.3. The fourth-order valence-corrected chi connectivity index (χ4v) is 2.35. The number of oxazole rings is 1. The van der Waals surface area contributed by atoms with Crippen molar-refractivity contribution in [3.63, 3.8) is 0 Å². The molecule has 124 valence electrons. The highest BCUT2D eigenvalue weighted by molar-refractivity contribution is 5.91. The van der Waals surface area contributed by atoms with Gasteiger partial charge in [-0.15, -0.1) is 0 Å². The van der Waals surface area contributed by atoms with E-state index in [0.717, 1.165) is 0 Å². The van der Waals surface area contributed by atoms with Crippen LogP contribution < -0.4 is 0 Å². The van der Waals surface area contributed by atoms with E-state index in [1.807, 2.05) is 0 Å². The minimum absolute atomic E-state index is 0.0858. The van der Waals surface area contributed by atoms with Crippen molar-refractivity contribution in [2.24, 2.45) is 7.05 Å². The molecule has 3 aromatic rings. The fourth-order valence-electron chi connectivity index (χ4n) is 2.35. The molecule has 0 aliphatic rings. The Hall–Kier alpha value is -3.03. The first-order valence-electron chi connectivity index (χ1n) is 7.04. The summed E-state index contributed by atoms with van der Waals surface area (Å²) in [6.45, 7) is 0. The quantitative estimate of drug-likeness (QED) is 0.773. The second-order valence-corrected chi connectivity index (χ2v) is 5.17. The number of alkyl halides is 2. The van der Waals surface area contributed by atoms with Crippen molar-refractivity contribution in [2.45, 2.75) is 12.8 Å². The number of benzene rings is 1. The predicted molar refractivity (Wildman–Crippen MR) is 82.3 cm³/mol. The summed E-state index contributed by atoms with van der Waals surface area (Å²) in [6.07, 6.45) is -0.462. The largest absolute Gasteiger partial charge is 0.481 e. The first-order chi connectivity index (χ1) is 11.4. The van der Waals surface area contributed by atoms with E-state index in [0.29, 0.717) is 11.1 Å². The molecule has 0 amide bonds. The smallest absolute Gasteiger partial charge is 0.308 e. The molecule has 24 heavy (non-hydrogen) atoms. The van der Waals surface area contributed by atoms with Gasteiger partial charge in [-0.3, -0.25) is 9.48 Å². The van der Waals surface area contributed by atoms with Crippen LogP contribution in [0, 0.1) is 0 Å². The molecule has 8 heteroatoms. The first kappa shape index (κ1) is 15.9. The molecule has 0 saturated carbocycles. The van der Waals surface area contributed by atoms with Crippen molar-refractivity contribution < 1.29 is 23.1 Å². The number of fused-ring (bicyclic) bond motifs is 1. The summed E-state index contributed by atoms with van der Waals surface area (Å²) in [5.41, 5.74) is 0.948. The van der Waals surface area contributed by atoms with Crippen LogP contribution in [-0.2, 0) is 11.8 Å². The third-order valence-corrected chi connectivity index (χ3v) is 3.33. The highest BCUT2D eigenvalue weighted by Crippen LogP contribution is 2.28. The molecule has 0 saturated heterocycles. The van der Waals surface area contributed by atoms with Crippen LogP contribution in [0.1, 0.15) is 30.0 Å². The van der Waals surface area contributed by atoms with Gasteiger partial charge in [0.25, 0.3) is 6.43 Å². The Morgan fingerprint density at radius 2 is 2.17 bits per heavy atom. The van der Waals surface area contributed by atoms with E-state index in [9.17, 15) is 13.6 Å². The molecule has 3 rings (SSSR count). The van der Waals surface area contributed by atoms with Gasteiger partial charge in [0.2, 0.25) is 5.89 Å². The highest BCUT2D eigenvalue weighted by Gasteiger charge is 2.19. The van der Waals surface area contributed by atoms with Gasteiger partial charge in [0.1, 0.15) is 11.2 Å². The standard InChI is InChI=1S/C16H13F2N3O3/c1-21-8-10(14(20-21)15(17)18)6-9(7-13(22)23)16-19-11-4-2-3-5-12(11)24-16/h2-6,8,15H,7H2,1H3,(H,22,23)/b9-6+. The SMILES string of the molecule is Cn1cc(/C=C(\CC(=O)O)c2nc3ccccc3o2)c(C(F)F)n1. The van der Waals surface area contributed by atoms with Crippen LogP contribution >= 0.6 is 0 Å². The molecule has 2 aromatic heterocycles. The average molecular weight is 333 g/mol. The zero-order valence-corrected chi connectivity index (χ0v) is 12.6. The fraction of sp³-hybridized carbons (Fsp3) is 0.188. The van der Waals surface area contributed by atoms with Crippen LogP contribution in [0.5, 0.6) is 0 Å². The second kappa shape index (κ2) is 6.23. The molecule has 1 aromatic carbocycles. The molecule has 0 atom stereocenters. The molecular weight excluding hydrogens is 320 g/mol. The average Bonchev–Trinajstić information content (AvgIpc) is 3.09. The van der Waals surface area contributed by atoms with Gasteiger partial charge in [0, 0.05) is 24.4 Å². The maximum atomic E-state index is 13.1. The lowest BCUT2D eigenvalue weighted by Gasteiger charge is -2.01. The summed E-state index contributed by atoms with van der Waals surface area (Å²) in [5, 5.41) is 12.8. The van der Waals surface area contributed by atoms with Gasteiger partial charge in [-0.2, -0.15) is 5.10 Å². The number of hydrogen-bond donors (Lipinski definition) is 1. The molecule has 0 bridgehead atoms. The molecule has 0 unspecified atom stereocenters. The third-order valence-electron chi connectivity index (χ3n) is 3.33. The third kappa shape index (κ3) is 3.17. The van der Waals surface area contributed by atoms with Crippen molar-refractivity contribution in [2.75, 3.05) is 0 Å². The van der Waals surface area contributed by atoms with E-state index in [1.54, 1.807) is 24.3 Å². The minimum atomic E-state index is -2.77. The Kier molecular flexibility index (Phi) is 4.11. The number of aliphatic carboxylic acids is 1. The molecule has 0 aliphatic carbocycles. The van der Waals surface area contributed by atoms with E-state index in [1.165, 1.54) is 24.0 Å². The topological polar surface area (TPSA) is 81.2 Å². The molecule has 6 nitrogen and oxygen atoms in total. The summed E-state index contributed by atoms with van der Waals surface area (Å²) in [7, 11) is 1.51. The Balaban J connectivity index is 2.11. The monoisotopic (exact) mass is 333 g/mol.